The Morgan fingerprint density at radius 1 is 1.36 bits per heavy atom. The number of aromatic nitrogens is 2. The van der Waals surface area contributed by atoms with Crippen molar-refractivity contribution in [1.29, 1.82) is 0 Å². The molecule has 0 saturated heterocycles. The van der Waals surface area contributed by atoms with Gasteiger partial charge in [-0.25, -0.2) is 4.98 Å². The second-order valence-corrected chi connectivity index (χ2v) is 7.82. The zero-order valence-electron chi connectivity index (χ0n) is 16.1. The summed E-state index contributed by atoms with van der Waals surface area (Å²) in [5.74, 6) is 1.02. The number of methoxy groups -OCH3 is 1. The van der Waals surface area contributed by atoms with Crippen molar-refractivity contribution in [3.05, 3.63) is 64.9 Å². The van der Waals surface area contributed by atoms with Crippen LogP contribution < -0.4 is 4.74 Å². The van der Waals surface area contributed by atoms with Gasteiger partial charge in [-0.05, 0) is 55.2 Å². The standard InChI is InChI=1S/C22H23N3O2S/c1-15-20-12-19(27-2)7-5-16(20)9-11-25(15)21(26)8-6-18-14-28-22(24-18)17-4-3-10-23-13-17/h3-5,7,10,12-15H,6,8-9,11H2,1-2H3. The van der Waals surface area contributed by atoms with Gasteiger partial charge in [-0.2, -0.15) is 0 Å². The van der Waals surface area contributed by atoms with Crippen LogP contribution in [-0.2, 0) is 17.6 Å². The topological polar surface area (TPSA) is 55.3 Å². The minimum atomic E-state index is 0.0627. The second-order valence-electron chi connectivity index (χ2n) is 6.96. The van der Waals surface area contributed by atoms with E-state index in [9.17, 15) is 4.79 Å². The Labute approximate surface area is 169 Å². The fourth-order valence-electron chi connectivity index (χ4n) is 3.68. The first-order valence-corrected chi connectivity index (χ1v) is 10.3. The molecule has 28 heavy (non-hydrogen) atoms. The molecule has 1 amide bonds. The predicted octanol–water partition coefficient (Wildman–Crippen LogP) is 4.29. The van der Waals surface area contributed by atoms with Crippen molar-refractivity contribution in [2.45, 2.75) is 32.2 Å². The highest BCUT2D eigenvalue weighted by molar-refractivity contribution is 7.13. The molecule has 1 aromatic carbocycles. The van der Waals surface area contributed by atoms with E-state index in [-0.39, 0.29) is 11.9 Å². The van der Waals surface area contributed by atoms with Crippen LogP contribution in [0, 0.1) is 0 Å². The molecule has 3 aromatic rings. The summed E-state index contributed by atoms with van der Waals surface area (Å²) in [7, 11) is 1.67. The van der Waals surface area contributed by atoms with Crippen molar-refractivity contribution in [1.82, 2.24) is 14.9 Å². The fourth-order valence-corrected chi connectivity index (χ4v) is 4.53. The highest BCUT2D eigenvalue weighted by Gasteiger charge is 2.27. The number of thiazole rings is 1. The van der Waals surface area contributed by atoms with Gasteiger partial charge in [0.25, 0.3) is 0 Å². The highest BCUT2D eigenvalue weighted by Crippen LogP contribution is 2.32. The first-order chi connectivity index (χ1) is 13.7. The molecule has 1 unspecified atom stereocenters. The third-order valence-corrected chi connectivity index (χ3v) is 6.21. The van der Waals surface area contributed by atoms with Gasteiger partial charge in [-0.3, -0.25) is 9.78 Å². The molecule has 1 aliphatic rings. The quantitative estimate of drug-likeness (QED) is 0.649. The number of hydrogen-bond donors (Lipinski definition) is 0. The van der Waals surface area contributed by atoms with Crippen molar-refractivity contribution in [3.8, 4) is 16.3 Å². The van der Waals surface area contributed by atoms with Gasteiger partial charge in [-0.15, -0.1) is 11.3 Å². The van der Waals surface area contributed by atoms with Gasteiger partial charge in [0.1, 0.15) is 10.8 Å². The number of ether oxygens (including phenoxy) is 1. The lowest BCUT2D eigenvalue weighted by Gasteiger charge is -2.35. The summed E-state index contributed by atoms with van der Waals surface area (Å²) in [5, 5.41) is 2.98. The lowest BCUT2D eigenvalue weighted by atomic mass is 9.93. The molecule has 6 heteroatoms. The Hall–Kier alpha value is -2.73. The summed E-state index contributed by atoms with van der Waals surface area (Å²) in [5.41, 5.74) is 4.47. The molecule has 144 valence electrons. The zero-order chi connectivity index (χ0) is 19.5. The molecule has 4 rings (SSSR count). The molecule has 0 bridgehead atoms. The lowest BCUT2D eigenvalue weighted by molar-refractivity contribution is -0.133. The van der Waals surface area contributed by atoms with Gasteiger partial charge in [0.15, 0.2) is 0 Å². The number of aryl methyl sites for hydroxylation is 1. The molecule has 3 heterocycles. The minimum Gasteiger partial charge on any atom is -0.497 e. The molecule has 2 aromatic heterocycles. The molecule has 0 N–H and O–H groups in total. The van der Waals surface area contributed by atoms with Crippen molar-refractivity contribution in [2.75, 3.05) is 13.7 Å². The van der Waals surface area contributed by atoms with E-state index in [2.05, 4.69) is 29.0 Å². The smallest absolute Gasteiger partial charge is 0.223 e. The summed E-state index contributed by atoms with van der Waals surface area (Å²) >= 11 is 1.60. The number of hydrogen-bond acceptors (Lipinski definition) is 5. The summed E-state index contributed by atoms with van der Waals surface area (Å²) in [4.78, 5) is 23.7. The molecule has 0 radical (unpaired) electrons. The largest absolute Gasteiger partial charge is 0.497 e. The minimum absolute atomic E-state index is 0.0627. The third-order valence-electron chi connectivity index (χ3n) is 5.27. The van der Waals surface area contributed by atoms with Crippen LogP contribution in [0.1, 0.15) is 36.2 Å². The number of amides is 1. The van der Waals surface area contributed by atoms with Crippen LogP contribution in [0.15, 0.2) is 48.1 Å². The Kier molecular flexibility index (Phi) is 5.39. The van der Waals surface area contributed by atoms with Crippen molar-refractivity contribution in [3.63, 3.8) is 0 Å². The molecular weight excluding hydrogens is 370 g/mol. The Morgan fingerprint density at radius 3 is 3.04 bits per heavy atom. The van der Waals surface area contributed by atoms with Crippen LogP contribution in [0.5, 0.6) is 5.75 Å². The number of pyridine rings is 1. The molecule has 0 aliphatic carbocycles. The van der Waals surface area contributed by atoms with E-state index in [1.807, 2.05) is 34.7 Å². The normalized spacial score (nSPS) is 15.9. The van der Waals surface area contributed by atoms with Crippen LogP contribution in [0.2, 0.25) is 0 Å². The molecule has 1 aliphatic heterocycles. The van der Waals surface area contributed by atoms with Crippen LogP contribution in [0.4, 0.5) is 0 Å². The summed E-state index contributed by atoms with van der Waals surface area (Å²) in [6, 6.07) is 10.1. The molecular formula is C22H23N3O2S. The molecule has 0 saturated carbocycles. The molecule has 5 nitrogen and oxygen atoms in total. The number of rotatable bonds is 5. The SMILES string of the molecule is COc1ccc2c(c1)C(C)N(C(=O)CCc1csc(-c3cccnc3)n1)CC2. The number of carbonyl (C=O) groups excluding carboxylic acids is 1. The molecule has 0 spiro atoms. The van der Waals surface area contributed by atoms with Crippen LogP contribution in [0.3, 0.4) is 0 Å². The van der Waals surface area contributed by atoms with E-state index in [1.165, 1.54) is 11.1 Å². The van der Waals surface area contributed by atoms with E-state index in [4.69, 9.17) is 4.74 Å². The second kappa shape index (κ2) is 8.10. The van der Waals surface area contributed by atoms with Crippen molar-refractivity contribution in [2.24, 2.45) is 0 Å². The predicted molar refractivity (Wildman–Crippen MR) is 110 cm³/mol. The van der Waals surface area contributed by atoms with E-state index < -0.39 is 0 Å². The Bertz CT molecular complexity index is 971. The van der Waals surface area contributed by atoms with Crippen LogP contribution in [-0.4, -0.2) is 34.4 Å². The number of carbonyl (C=O) groups is 1. The monoisotopic (exact) mass is 393 g/mol. The number of fused-ring (bicyclic) bond motifs is 1. The lowest BCUT2D eigenvalue weighted by Crippen LogP contribution is -2.39. The average molecular weight is 394 g/mol. The van der Waals surface area contributed by atoms with Crippen molar-refractivity contribution < 1.29 is 9.53 Å². The van der Waals surface area contributed by atoms with Gasteiger partial charge in [0.05, 0.1) is 18.8 Å². The maximum atomic E-state index is 12.9. The fraction of sp³-hybridized carbons (Fsp3) is 0.318. The first kappa shape index (κ1) is 18.6. The zero-order valence-corrected chi connectivity index (χ0v) is 16.9. The maximum absolute atomic E-state index is 12.9. The van der Waals surface area contributed by atoms with Gasteiger partial charge in [0, 0.05) is 36.3 Å². The molecule has 1 atom stereocenters. The Balaban J connectivity index is 1.41. The summed E-state index contributed by atoms with van der Waals surface area (Å²) < 4.78 is 5.35. The average Bonchev–Trinajstić information content (AvgIpc) is 3.22. The highest BCUT2D eigenvalue weighted by atomic mass is 32.1. The third kappa shape index (κ3) is 3.78. The summed E-state index contributed by atoms with van der Waals surface area (Å²) in [6.07, 6.45) is 5.58. The van der Waals surface area contributed by atoms with E-state index in [1.54, 1.807) is 24.6 Å². The first-order valence-electron chi connectivity index (χ1n) is 9.47. The van der Waals surface area contributed by atoms with Gasteiger partial charge in [-0.1, -0.05) is 6.07 Å². The van der Waals surface area contributed by atoms with Gasteiger partial charge >= 0.3 is 0 Å². The Morgan fingerprint density at radius 2 is 2.25 bits per heavy atom. The number of nitrogens with zero attached hydrogens (tertiary/aromatic N) is 3. The van der Waals surface area contributed by atoms with Crippen LogP contribution in [0.25, 0.3) is 10.6 Å². The summed E-state index contributed by atoms with van der Waals surface area (Å²) in [6.45, 7) is 2.86. The van der Waals surface area contributed by atoms with Gasteiger partial charge in [0.2, 0.25) is 5.91 Å². The van der Waals surface area contributed by atoms with Crippen LogP contribution >= 0.6 is 11.3 Å². The van der Waals surface area contributed by atoms with Gasteiger partial charge < -0.3 is 9.64 Å². The van der Waals surface area contributed by atoms with Crippen molar-refractivity contribution >= 4 is 17.2 Å². The van der Waals surface area contributed by atoms with E-state index in [0.717, 1.165) is 35.0 Å². The number of benzene rings is 1. The molecule has 0 fully saturated rings. The van der Waals surface area contributed by atoms with E-state index in [0.29, 0.717) is 12.8 Å². The maximum Gasteiger partial charge on any atom is 0.223 e. The van der Waals surface area contributed by atoms with E-state index >= 15 is 0 Å².